The monoisotopic (exact) mass is 311 g/mol. The summed E-state index contributed by atoms with van der Waals surface area (Å²) in [6, 6.07) is 13.1. The van der Waals surface area contributed by atoms with E-state index in [-0.39, 0.29) is 12.5 Å². The minimum atomic E-state index is -0.307. The van der Waals surface area contributed by atoms with Crippen molar-refractivity contribution in [3.8, 4) is 5.75 Å². The summed E-state index contributed by atoms with van der Waals surface area (Å²) in [7, 11) is 0. The predicted octanol–water partition coefficient (Wildman–Crippen LogP) is 2.80. The highest BCUT2D eigenvalue weighted by Gasteiger charge is 2.04. The van der Waals surface area contributed by atoms with E-state index in [9.17, 15) is 4.79 Å². The molecule has 1 amide bonds. The fourth-order valence-electron chi connectivity index (χ4n) is 2.13. The lowest BCUT2D eigenvalue weighted by Gasteiger charge is -2.08. The molecule has 0 fully saturated rings. The molecular weight excluding hydrogens is 290 g/mol. The van der Waals surface area contributed by atoms with Gasteiger partial charge >= 0.3 is 0 Å². The molecule has 0 aromatic heterocycles. The van der Waals surface area contributed by atoms with Crippen LogP contribution in [-0.4, -0.2) is 18.2 Å². The molecule has 0 bridgehead atoms. The summed E-state index contributed by atoms with van der Waals surface area (Å²) in [6.45, 7) is 5.71. The molecule has 0 aliphatic rings. The summed E-state index contributed by atoms with van der Waals surface area (Å²) >= 11 is 0. The van der Waals surface area contributed by atoms with Crippen molar-refractivity contribution in [1.29, 1.82) is 0 Å². The van der Waals surface area contributed by atoms with Gasteiger partial charge in [0.1, 0.15) is 5.75 Å². The van der Waals surface area contributed by atoms with Crippen LogP contribution in [0.3, 0.4) is 0 Å². The number of nitrogens with two attached hydrogens (primary N) is 1. The number of hydrogen-bond acceptors (Lipinski definition) is 4. The van der Waals surface area contributed by atoms with Gasteiger partial charge in [0.2, 0.25) is 0 Å². The molecule has 2 aromatic carbocycles. The van der Waals surface area contributed by atoms with Gasteiger partial charge in [0, 0.05) is 5.69 Å². The molecule has 0 spiro atoms. The maximum atomic E-state index is 11.8. The van der Waals surface area contributed by atoms with E-state index in [1.807, 2.05) is 51.1 Å². The van der Waals surface area contributed by atoms with E-state index >= 15 is 0 Å². The molecule has 0 heterocycles. The van der Waals surface area contributed by atoms with E-state index in [0.29, 0.717) is 17.1 Å². The Labute approximate surface area is 136 Å². The van der Waals surface area contributed by atoms with Crippen molar-refractivity contribution in [2.75, 3.05) is 12.3 Å². The van der Waals surface area contributed by atoms with Gasteiger partial charge in [-0.2, -0.15) is 5.10 Å². The quantitative estimate of drug-likeness (QED) is 0.506. The van der Waals surface area contributed by atoms with Crippen LogP contribution in [0.5, 0.6) is 5.75 Å². The zero-order valence-corrected chi connectivity index (χ0v) is 13.6. The molecule has 0 aliphatic carbocycles. The molecule has 0 atom stereocenters. The largest absolute Gasteiger partial charge is 0.484 e. The first kappa shape index (κ1) is 16.5. The van der Waals surface area contributed by atoms with Gasteiger partial charge in [-0.3, -0.25) is 4.79 Å². The summed E-state index contributed by atoms with van der Waals surface area (Å²) in [4.78, 5) is 11.8. The minimum absolute atomic E-state index is 0.0819. The summed E-state index contributed by atoms with van der Waals surface area (Å²) in [5, 5.41) is 4.07. The highest BCUT2D eigenvalue weighted by molar-refractivity contribution is 5.99. The number of carbonyl (C=O) groups is 1. The van der Waals surface area contributed by atoms with Gasteiger partial charge < -0.3 is 10.5 Å². The van der Waals surface area contributed by atoms with Crippen LogP contribution in [-0.2, 0) is 4.79 Å². The number of anilines is 1. The van der Waals surface area contributed by atoms with Crippen molar-refractivity contribution in [3.05, 3.63) is 59.2 Å². The Morgan fingerprint density at radius 3 is 2.35 bits per heavy atom. The lowest BCUT2D eigenvalue weighted by Crippen LogP contribution is -2.25. The number of benzene rings is 2. The van der Waals surface area contributed by atoms with E-state index in [4.69, 9.17) is 10.5 Å². The Balaban J connectivity index is 1.89. The fourth-order valence-corrected chi connectivity index (χ4v) is 2.13. The maximum absolute atomic E-state index is 11.8. The van der Waals surface area contributed by atoms with Crippen LogP contribution < -0.4 is 15.9 Å². The van der Waals surface area contributed by atoms with Gasteiger partial charge in [0.15, 0.2) is 6.61 Å². The van der Waals surface area contributed by atoms with Crippen LogP contribution in [0.15, 0.2) is 47.6 Å². The van der Waals surface area contributed by atoms with Crippen LogP contribution in [0.2, 0.25) is 0 Å². The van der Waals surface area contributed by atoms with E-state index < -0.39 is 0 Å². The molecule has 0 unspecified atom stereocenters. The van der Waals surface area contributed by atoms with Crippen molar-refractivity contribution < 1.29 is 9.53 Å². The van der Waals surface area contributed by atoms with E-state index in [1.165, 1.54) is 0 Å². The van der Waals surface area contributed by atoms with Crippen LogP contribution in [0.1, 0.15) is 23.6 Å². The molecule has 23 heavy (non-hydrogen) atoms. The molecule has 5 nitrogen and oxygen atoms in total. The van der Waals surface area contributed by atoms with E-state index in [0.717, 1.165) is 16.7 Å². The SMILES string of the molecule is CC(=NNC(=O)COc1cc(C)cc(C)c1)c1ccc(N)cc1. The molecule has 120 valence electrons. The standard InChI is InChI=1S/C18H21N3O2/c1-12-8-13(2)10-17(9-12)23-11-18(22)21-20-14(3)15-4-6-16(19)7-5-15/h4-10H,11,19H2,1-3H3,(H,21,22). The Kier molecular flexibility index (Phi) is 5.36. The highest BCUT2D eigenvalue weighted by atomic mass is 16.5. The normalized spacial score (nSPS) is 11.2. The van der Waals surface area contributed by atoms with Crippen LogP contribution in [0.4, 0.5) is 5.69 Å². The second kappa shape index (κ2) is 7.45. The van der Waals surface area contributed by atoms with Crippen molar-refractivity contribution in [3.63, 3.8) is 0 Å². The fraction of sp³-hybridized carbons (Fsp3) is 0.222. The maximum Gasteiger partial charge on any atom is 0.277 e. The van der Waals surface area contributed by atoms with Crippen molar-refractivity contribution in [2.45, 2.75) is 20.8 Å². The minimum Gasteiger partial charge on any atom is -0.484 e. The first-order valence-electron chi connectivity index (χ1n) is 7.34. The third-order valence-electron chi connectivity index (χ3n) is 3.24. The molecule has 2 rings (SSSR count). The van der Waals surface area contributed by atoms with Gasteiger partial charge in [-0.25, -0.2) is 5.43 Å². The highest BCUT2D eigenvalue weighted by Crippen LogP contribution is 2.15. The third-order valence-corrected chi connectivity index (χ3v) is 3.24. The Hall–Kier alpha value is -2.82. The van der Waals surface area contributed by atoms with Crippen LogP contribution in [0, 0.1) is 13.8 Å². The van der Waals surface area contributed by atoms with E-state index in [2.05, 4.69) is 10.5 Å². The number of ether oxygens (including phenoxy) is 1. The number of nitrogens with zero attached hydrogens (tertiary/aromatic N) is 1. The number of rotatable bonds is 5. The molecule has 0 saturated carbocycles. The Bertz CT molecular complexity index is 701. The topological polar surface area (TPSA) is 76.7 Å². The second-order valence-corrected chi connectivity index (χ2v) is 5.47. The number of hydrazone groups is 1. The van der Waals surface area contributed by atoms with E-state index in [1.54, 1.807) is 12.1 Å². The van der Waals surface area contributed by atoms with Crippen molar-refractivity contribution in [1.82, 2.24) is 5.43 Å². The van der Waals surface area contributed by atoms with Crippen molar-refractivity contribution >= 4 is 17.3 Å². The average Bonchev–Trinajstić information content (AvgIpc) is 2.50. The summed E-state index contributed by atoms with van der Waals surface area (Å²) in [6.07, 6.45) is 0. The Morgan fingerprint density at radius 2 is 1.74 bits per heavy atom. The smallest absolute Gasteiger partial charge is 0.277 e. The lowest BCUT2D eigenvalue weighted by molar-refractivity contribution is -0.123. The Morgan fingerprint density at radius 1 is 1.13 bits per heavy atom. The predicted molar refractivity (Wildman–Crippen MR) is 92.6 cm³/mol. The molecule has 0 aliphatic heterocycles. The zero-order valence-electron chi connectivity index (χ0n) is 13.6. The van der Waals surface area contributed by atoms with Gasteiger partial charge in [-0.05, 0) is 61.7 Å². The number of nitrogen functional groups attached to an aromatic ring is 1. The van der Waals surface area contributed by atoms with Crippen LogP contribution >= 0.6 is 0 Å². The summed E-state index contributed by atoms with van der Waals surface area (Å²) < 4.78 is 5.49. The first-order valence-corrected chi connectivity index (χ1v) is 7.34. The number of carbonyl (C=O) groups excluding carboxylic acids is 1. The molecule has 2 aromatic rings. The third kappa shape index (κ3) is 5.14. The number of hydrogen-bond donors (Lipinski definition) is 2. The number of amides is 1. The van der Waals surface area contributed by atoms with Gasteiger partial charge in [0.05, 0.1) is 5.71 Å². The van der Waals surface area contributed by atoms with Gasteiger partial charge in [0.25, 0.3) is 5.91 Å². The van der Waals surface area contributed by atoms with Crippen molar-refractivity contribution in [2.24, 2.45) is 5.10 Å². The van der Waals surface area contributed by atoms with Gasteiger partial charge in [-0.15, -0.1) is 0 Å². The second-order valence-electron chi connectivity index (χ2n) is 5.47. The molecule has 0 radical (unpaired) electrons. The number of nitrogens with one attached hydrogen (secondary N) is 1. The molecule has 3 N–H and O–H groups in total. The number of aryl methyl sites for hydroxylation is 2. The summed E-state index contributed by atoms with van der Waals surface area (Å²) in [5.41, 5.74) is 12.6. The first-order chi connectivity index (χ1) is 10.9. The zero-order chi connectivity index (χ0) is 16.8. The average molecular weight is 311 g/mol. The molecular formula is C18H21N3O2. The van der Waals surface area contributed by atoms with Crippen LogP contribution in [0.25, 0.3) is 0 Å². The lowest BCUT2D eigenvalue weighted by atomic mass is 10.1. The molecule has 5 heteroatoms. The summed E-state index contributed by atoms with van der Waals surface area (Å²) in [5.74, 6) is 0.371. The van der Waals surface area contributed by atoms with Gasteiger partial charge in [-0.1, -0.05) is 18.2 Å². The molecule has 0 saturated heterocycles.